The molecule has 2 atom stereocenters. The first-order chi connectivity index (χ1) is 9.90. The maximum absolute atomic E-state index is 12.9. The molecule has 2 unspecified atom stereocenters. The van der Waals surface area contributed by atoms with E-state index in [1.165, 1.54) is 11.3 Å². The van der Waals surface area contributed by atoms with Gasteiger partial charge in [0.1, 0.15) is 4.21 Å². The van der Waals surface area contributed by atoms with Crippen molar-refractivity contribution < 1.29 is 13.2 Å². The van der Waals surface area contributed by atoms with Crippen LogP contribution in [-0.2, 0) is 21.3 Å². The Morgan fingerprint density at radius 1 is 1.52 bits per heavy atom. The molecule has 1 aliphatic heterocycles. The second kappa shape index (κ2) is 6.75. The Morgan fingerprint density at radius 2 is 2.24 bits per heavy atom. The molecule has 1 aromatic rings. The molecule has 1 fully saturated rings. The van der Waals surface area contributed by atoms with Crippen LogP contribution in [0.3, 0.4) is 0 Å². The largest absolute Gasteiger partial charge is 0.375 e. The van der Waals surface area contributed by atoms with Gasteiger partial charge in [-0.25, -0.2) is 8.42 Å². The van der Waals surface area contributed by atoms with Crippen molar-refractivity contribution in [2.45, 2.75) is 50.1 Å². The van der Waals surface area contributed by atoms with Crippen LogP contribution in [0.4, 0.5) is 0 Å². The third kappa shape index (κ3) is 3.48. The molecular weight excluding hydrogens is 308 g/mol. The average molecular weight is 332 g/mol. The lowest BCUT2D eigenvalue weighted by molar-refractivity contribution is -0.0229. The fourth-order valence-corrected chi connectivity index (χ4v) is 5.99. The Bertz CT molecular complexity index is 583. The van der Waals surface area contributed by atoms with Crippen molar-refractivity contribution in [2.24, 2.45) is 0 Å². The predicted molar refractivity (Wildman–Crippen MR) is 85.2 cm³/mol. The fraction of sp³-hybridized carbons (Fsp3) is 0.714. The zero-order valence-electron chi connectivity index (χ0n) is 13.0. The van der Waals surface area contributed by atoms with Crippen molar-refractivity contribution in [1.82, 2.24) is 9.62 Å². The summed E-state index contributed by atoms with van der Waals surface area (Å²) in [6.07, 6.45) is 0.708. The first-order valence-electron chi connectivity index (χ1n) is 7.27. The summed E-state index contributed by atoms with van der Waals surface area (Å²) < 4.78 is 33.5. The fourth-order valence-electron chi connectivity index (χ4n) is 2.50. The third-order valence-corrected chi connectivity index (χ3v) is 7.39. The normalized spacial score (nSPS) is 24.4. The van der Waals surface area contributed by atoms with Gasteiger partial charge >= 0.3 is 0 Å². The van der Waals surface area contributed by atoms with Crippen LogP contribution in [0.15, 0.2) is 10.3 Å². The highest BCUT2D eigenvalue weighted by atomic mass is 32.2. The molecule has 0 bridgehead atoms. The Morgan fingerprint density at radius 3 is 2.86 bits per heavy atom. The highest BCUT2D eigenvalue weighted by Crippen LogP contribution is 2.31. The molecule has 1 aromatic heterocycles. The third-order valence-electron chi connectivity index (χ3n) is 3.79. The molecule has 120 valence electrons. The zero-order chi connectivity index (χ0) is 15.6. The number of aryl methyl sites for hydroxylation is 1. The lowest BCUT2D eigenvalue weighted by Crippen LogP contribution is -2.50. The molecular formula is C14H24N2O3S2. The first kappa shape index (κ1) is 16.9. The lowest BCUT2D eigenvalue weighted by Gasteiger charge is -2.36. The molecule has 0 amide bonds. The highest BCUT2D eigenvalue weighted by Gasteiger charge is 2.36. The van der Waals surface area contributed by atoms with Gasteiger partial charge in [0.05, 0.1) is 12.7 Å². The number of hydrogen-bond acceptors (Lipinski definition) is 5. The monoisotopic (exact) mass is 332 g/mol. The summed E-state index contributed by atoms with van der Waals surface area (Å²) >= 11 is 1.37. The van der Waals surface area contributed by atoms with Gasteiger partial charge in [0.15, 0.2) is 0 Å². The average Bonchev–Trinajstić information content (AvgIpc) is 2.81. The van der Waals surface area contributed by atoms with E-state index in [2.05, 4.69) is 5.32 Å². The Balaban J connectivity index is 2.33. The maximum Gasteiger partial charge on any atom is 0.252 e. The summed E-state index contributed by atoms with van der Waals surface area (Å²) in [5.74, 6) is 0. The standard InChI is InChI=1S/C14H24N2O3S2/c1-5-12-9-19-11(3)8-16(12)21(17,18)14-6-10(2)13(20-14)7-15-4/h6,11-12,15H,5,7-9H2,1-4H3. The summed E-state index contributed by atoms with van der Waals surface area (Å²) in [6.45, 7) is 7.48. The SMILES string of the molecule is CCC1COC(C)CN1S(=O)(=O)c1cc(C)c(CNC)s1. The second-order valence-corrected chi connectivity index (χ2v) is 8.74. The van der Waals surface area contributed by atoms with E-state index >= 15 is 0 Å². The first-order valence-corrected chi connectivity index (χ1v) is 9.53. The van der Waals surface area contributed by atoms with Crippen LogP contribution in [0.2, 0.25) is 0 Å². The van der Waals surface area contributed by atoms with Crippen molar-refractivity contribution in [2.75, 3.05) is 20.2 Å². The molecule has 5 nitrogen and oxygen atoms in total. The molecule has 21 heavy (non-hydrogen) atoms. The summed E-state index contributed by atoms with van der Waals surface area (Å²) in [4.78, 5) is 1.07. The van der Waals surface area contributed by atoms with Gasteiger partial charge in [-0.05, 0) is 38.9 Å². The van der Waals surface area contributed by atoms with Crippen LogP contribution in [0, 0.1) is 6.92 Å². The van der Waals surface area contributed by atoms with E-state index in [1.54, 1.807) is 10.4 Å². The number of thiophene rings is 1. The molecule has 0 aliphatic carbocycles. The van der Waals surface area contributed by atoms with Gasteiger partial charge in [0.2, 0.25) is 0 Å². The molecule has 1 saturated heterocycles. The van der Waals surface area contributed by atoms with E-state index in [-0.39, 0.29) is 12.1 Å². The number of morpholine rings is 1. The van der Waals surface area contributed by atoms with Gasteiger partial charge in [-0.15, -0.1) is 11.3 Å². The molecule has 0 saturated carbocycles. The molecule has 2 rings (SSSR count). The van der Waals surface area contributed by atoms with Crippen LogP contribution in [-0.4, -0.2) is 45.1 Å². The van der Waals surface area contributed by atoms with E-state index in [0.717, 1.165) is 16.9 Å². The number of hydrogen-bond donors (Lipinski definition) is 1. The van der Waals surface area contributed by atoms with Crippen molar-refractivity contribution in [3.05, 3.63) is 16.5 Å². The molecule has 0 spiro atoms. The maximum atomic E-state index is 12.9. The van der Waals surface area contributed by atoms with Crippen LogP contribution in [0.25, 0.3) is 0 Å². The molecule has 1 N–H and O–H groups in total. The quantitative estimate of drug-likeness (QED) is 0.895. The van der Waals surface area contributed by atoms with E-state index in [9.17, 15) is 8.42 Å². The molecule has 0 aromatic carbocycles. The van der Waals surface area contributed by atoms with Gasteiger partial charge in [-0.3, -0.25) is 0 Å². The van der Waals surface area contributed by atoms with Gasteiger partial charge in [-0.1, -0.05) is 6.92 Å². The van der Waals surface area contributed by atoms with E-state index in [4.69, 9.17) is 4.74 Å². The number of rotatable bonds is 5. The van der Waals surface area contributed by atoms with Crippen molar-refractivity contribution in [3.63, 3.8) is 0 Å². The topological polar surface area (TPSA) is 58.6 Å². The Hall–Kier alpha value is -0.470. The summed E-state index contributed by atoms with van der Waals surface area (Å²) in [6, 6.07) is 1.72. The highest BCUT2D eigenvalue weighted by molar-refractivity contribution is 7.91. The van der Waals surface area contributed by atoms with E-state index < -0.39 is 10.0 Å². The predicted octanol–water partition coefficient (Wildman–Crippen LogP) is 1.96. The van der Waals surface area contributed by atoms with E-state index in [1.807, 2.05) is 27.8 Å². The van der Waals surface area contributed by atoms with Gasteiger partial charge < -0.3 is 10.1 Å². The Labute approximate surface area is 131 Å². The molecule has 7 heteroatoms. The Kier molecular flexibility index (Phi) is 5.43. The minimum atomic E-state index is -3.43. The van der Waals surface area contributed by atoms with Gasteiger partial charge in [0.25, 0.3) is 10.0 Å². The number of nitrogens with zero attached hydrogens (tertiary/aromatic N) is 1. The summed E-state index contributed by atoms with van der Waals surface area (Å²) in [7, 11) is -1.57. The van der Waals surface area contributed by atoms with Gasteiger partial charge in [0, 0.05) is 24.0 Å². The van der Waals surface area contributed by atoms with Crippen LogP contribution in [0.1, 0.15) is 30.7 Å². The molecule has 0 radical (unpaired) electrons. The van der Waals surface area contributed by atoms with Crippen LogP contribution < -0.4 is 5.32 Å². The summed E-state index contributed by atoms with van der Waals surface area (Å²) in [5, 5.41) is 3.08. The minimum Gasteiger partial charge on any atom is -0.375 e. The number of ether oxygens (including phenoxy) is 1. The van der Waals surface area contributed by atoms with Crippen molar-refractivity contribution in [3.8, 4) is 0 Å². The van der Waals surface area contributed by atoms with Crippen LogP contribution >= 0.6 is 11.3 Å². The van der Waals surface area contributed by atoms with Crippen molar-refractivity contribution in [1.29, 1.82) is 0 Å². The lowest BCUT2D eigenvalue weighted by atomic mass is 10.2. The second-order valence-electron chi connectivity index (χ2n) is 5.48. The number of sulfonamides is 1. The van der Waals surface area contributed by atoms with E-state index in [0.29, 0.717) is 23.9 Å². The summed E-state index contributed by atoms with van der Waals surface area (Å²) in [5.41, 5.74) is 1.03. The van der Waals surface area contributed by atoms with Crippen LogP contribution in [0.5, 0.6) is 0 Å². The molecule has 2 heterocycles. The molecule has 1 aliphatic rings. The zero-order valence-corrected chi connectivity index (χ0v) is 14.7. The minimum absolute atomic E-state index is 0.0552. The smallest absolute Gasteiger partial charge is 0.252 e. The number of nitrogens with one attached hydrogen (secondary N) is 1. The van der Waals surface area contributed by atoms with Gasteiger partial charge in [-0.2, -0.15) is 4.31 Å². The van der Waals surface area contributed by atoms with Crippen molar-refractivity contribution >= 4 is 21.4 Å².